The first kappa shape index (κ1) is 21.9. The largest absolute Gasteiger partial charge is 0.497 e. The van der Waals surface area contributed by atoms with Gasteiger partial charge in [-0.3, -0.25) is 4.79 Å². The predicted octanol–water partition coefficient (Wildman–Crippen LogP) is 6.31. The third kappa shape index (κ3) is 4.44. The standard InChI is InChI=1S/C30H26FNO2/c1-34-27-14-15-28(22-9-3-2-4-10-22)29(19-27)30(33)32(20-21-8-7-13-25(31)16-21)26-17-23-11-5-6-12-24(23)18-26/h2-16,19,26H,17-18,20H2,1H3. The predicted molar refractivity (Wildman–Crippen MR) is 132 cm³/mol. The number of rotatable bonds is 6. The lowest BCUT2D eigenvalue weighted by Crippen LogP contribution is -2.40. The highest BCUT2D eigenvalue weighted by atomic mass is 19.1. The van der Waals surface area contributed by atoms with Crippen LogP contribution in [0.15, 0.2) is 97.1 Å². The molecule has 1 aliphatic carbocycles. The van der Waals surface area contributed by atoms with E-state index in [-0.39, 0.29) is 17.8 Å². The average Bonchev–Trinajstić information content (AvgIpc) is 3.31. The van der Waals surface area contributed by atoms with E-state index in [1.165, 1.54) is 23.3 Å². The van der Waals surface area contributed by atoms with Crippen molar-refractivity contribution in [3.63, 3.8) is 0 Å². The number of carbonyl (C=O) groups is 1. The van der Waals surface area contributed by atoms with Crippen LogP contribution in [0.3, 0.4) is 0 Å². The normalized spacial score (nSPS) is 12.9. The molecule has 4 aromatic carbocycles. The van der Waals surface area contributed by atoms with Crippen LogP contribution >= 0.6 is 0 Å². The number of amides is 1. The fraction of sp³-hybridized carbons (Fsp3) is 0.167. The second kappa shape index (κ2) is 9.52. The highest BCUT2D eigenvalue weighted by molar-refractivity contribution is 6.01. The first-order chi connectivity index (χ1) is 16.6. The molecule has 0 unspecified atom stereocenters. The Kier molecular flexibility index (Phi) is 6.13. The van der Waals surface area contributed by atoms with E-state index in [0.29, 0.717) is 17.9 Å². The summed E-state index contributed by atoms with van der Waals surface area (Å²) in [5.41, 5.74) is 5.70. The Bertz CT molecular complexity index is 1290. The molecule has 0 aliphatic heterocycles. The van der Waals surface area contributed by atoms with Crippen molar-refractivity contribution in [1.29, 1.82) is 0 Å². The van der Waals surface area contributed by atoms with Crippen LogP contribution in [0.2, 0.25) is 0 Å². The maximum absolute atomic E-state index is 14.2. The number of hydrogen-bond acceptors (Lipinski definition) is 2. The van der Waals surface area contributed by atoms with Crippen molar-refractivity contribution in [2.75, 3.05) is 7.11 Å². The van der Waals surface area contributed by atoms with Crippen molar-refractivity contribution >= 4 is 5.91 Å². The van der Waals surface area contributed by atoms with Gasteiger partial charge in [-0.2, -0.15) is 0 Å². The summed E-state index contributed by atoms with van der Waals surface area (Å²) < 4.78 is 19.5. The Labute approximate surface area is 199 Å². The van der Waals surface area contributed by atoms with Gasteiger partial charge in [-0.15, -0.1) is 0 Å². The van der Waals surface area contributed by atoms with E-state index < -0.39 is 0 Å². The zero-order chi connectivity index (χ0) is 23.5. The number of halogens is 1. The second-order valence-electron chi connectivity index (χ2n) is 8.67. The van der Waals surface area contributed by atoms with Gasteiger partial charge in [0.15, 0.2) is 0 Å². The topological polar surface area (TPSA) is 29.5 Å². The first-order valence-corrected chi connectivity index (χ1v) is 11.5. The molecule has 0 fully saturated rings. The maximum atomic E-state index is 14.2. The van der Waals surface area contributed by atoms with Crippen LogP contribution in [0.1, 0.15) is 27.0 Å². The molecule has 5 rings (SSSR count). The monoisotopic (exact) mass is 451 g/mol. The summed E-state index contributed by atoms with van der Waals surface area (Å²) in [6.45, 7) is 0.334. The number of ether oxygens (including phenoxy) is 1. The van der Waals surface area contributed by atoms with Crippen molar-refractivity contribution in [3.05, 3.63) is 125 Å². The molecule has 3 nitrogen and oxygen atoms in total. The zero-order valence-electron chi connectivity index (χ0n) is 19.1. The van der Waals surface area contributed by atoms with Crippen LogP contribution in [0.5, 0.6) is 5.75 Å². The smallest absolute Gasteiger partial charge is 0.255 e. The molecule has 0 atom stereocenters. The van der Waals surface area contributed by atoms with E-state index >= 15 is 0 Å². The highest BCUT2D eigenvalue weighted by Crippen LogP contribution is 2.32. The number of methoxy groups -OCH3 is 1. The van der Waals surface area contributed by atoms with Crippen LogP contribution < -0.4 is 4.74 Å². The molecule has 0 bridgehead atoms. The molecule has 0 N–H and O–H groups in total. The lowest BCUT2D eigenvalue weighted by Gasteiger charge is -2.30. The molecule has 0 radical (unpaired) electrons. The zero-order valence-corrected chi connectivity index (χ0v) is 19.1. The summed E-state index contributed by atoms with van der Waals surface area (Å²) in [5.74, 6) is 0.245. The van der Waals surface area contributed by atoms with Gasteiger partial charge in [0, 0.05) is 12.6 Å². The molecule has 170 valence electrons. The molecule has 0 aromatic heterocycles. The Balaban J connectivity index is 1.57. The first-order valence-electron chi connectivity index (χ1n) is 11.5. The van der Waals surface area contributed by atoms with Gasteiger partial charge in [0.05, 0.1) is 12.7 Å². The molecule has 0 saturated heterocycles. The second-order valence-corrected chi connectivity index (χ2v) is 8.67. The minimum absolute atomic E-state index is 0.0111. The summed E-state index contributed by atoms with van der Waals surface area (Å²) in [6, 6.07) is 30.3. The van der Waals surface area contributed by atoms with Gasteiger partial charge in [-0.1, -0.05) is 66.7 Å². The molecular weight excluding hydrogens is 425 g/mol. The third-order valence-corrected chi connectivity index (χ3v) is 6.51. The SMILES string of the molecule is COc1ccc(-c2ccccc2)c(C(=O)N(Cc2cccc(F)c2)C2Cc3ccccc3C2)c1. The number of carbonyl (C=O) groups excluding carboxylic acids is 1. The van der Waals surface area contributed by atoms with Crippen LogP contribution in [0.25, 0.3) is 11.1 Å². The van der Waals surface area contributed by atoms with Gasteiger partial charge < -0.3 is 9.64 Å². The number of hydrogen-bond donors (Lipinski definition) is 0. The van der Waals surface area contributed by atoms with Crippen LogP contribution in [0, 0.1) is 5.82 Å². The van der Waals surface area contributed by atoms with E-state index in [0.717, 1.165) is 29.5 Å². The summed E-state index contributed by atoms with van der Waals surface area (Å²) in [7, 11) is 1.60. The number of benzene rings is 4. The van der Waals surface area contributed by atoms with Gasteiger partial charge in [0.1, 0.15) is 11.6 Å². The molecule has 0 spiro atoms. The van der Waals surface area contributed by atoms with Gasteiger partial charge in [-0.05, 0) is 71.0 Å². The van der Waals surface area contributed by atoms with Gasteiger partial charge in [-0.25, -0.2) is 4.39 Å². The molecule has 34 heavy (non-hydrogen) atoms. The minimum atomic E-state index is -0.300. The van der Waals surface area contributed by atoms with Crippen LogP contribution in [0.4, 0.5) is 4.39 Å². The van der Waals surface area contributed by atoms with Crippen molar-refractivity contribution in [2.45, 2.75) is 25.4 Å². The molecule has 0 heterocycles. The Morgan fingerprint density at radius 3 is 2.26 bits per heavy atom. The van der Waals surface area contributed by atoms with Gasteiger partial charge in [0.25, 0.3) is 5.91 Å². The van der Waals surface area contributed by atoms with E-state index in [2.05, 4.69) is 12.1 Å². The maximum Gasteiger partial charge on any atom is 0.255 e. The van der Waals surface area contributed by atoms with Crippen molar-refractivity contribution in [2.24, 2.45) is 0 Å². The summed E-state index contributed by atoms with van der Waals surface area (Å²) >= 11 is 0. The summed E-state index contributed by atoms with van der Waals surface area (Å²) in [5, 5.41) is 0. The lowest BCUT2D eigenvalue weighted by atomic mass is 9.97. The minimum Gasteiger partial charge on any atom is -0.497 e. The Hall–Kier alpha value is -3.92. The van der Waals surface area contributed by atoms with Crippen LogP contribution in [-0.4, -0.2) is 24.0 Å². The van der Waals surface area contributed by atoms with E-state index in [4.69, 9.17) is 4.74 Å². The van der Waals surface area contributed by atoms with E-state index in [9.17, 15) is 9.18 Å². The summed E-state index contributed by atoms with van der Waals surface area (Å²) in [6.07, 6.45) is 1.56. The van der Waals surface area contributed by atoms with Gasteiger partial charge >= 0.3 is 0 Å². The van der Waals surface area contributed by atoms with Crippen molar-refractivity contribution in [1.82, 2.24) is 4.90 Å². The molecule has 4 heteroatoms. The fourth-order valence-electron chi connectivity index (χ4n) is 4.81. The average molecular weight is 452 g/mol. The number of fused-ring (bicyclic) bond motifs is 1. The van der Waals surface area contributed by atoms with Crippen LogP contribution in [-0.2, 0) is 19.4 Å². The molecular formula is C30H26FNO2. The lowest BCUT2D eigenvalue weighted by molar-refractivity contribution is 0.0668. The Morgan fingerprint density at radius 2 is 1.59 bits per heavy atom. The van der Waals surface area contributed by atoms with Gasteiger partial charge in [0.2, 0.25) is 0 Å². The van der Waals surface area contributed by atoms with Crippen molar-refractivity contribution in [3.8, 4) is 16.9 Å². The molecule has 4 aromatic rings. The molecule has 1 amide bonds. The van der Waals surface area contributed by atoms with E-state index in [1.807, 2.05) is 71.6 Å². The Morgan fingerprint density at radius 1 is 0.882 bits per heavy atom. The molecule has 1 aliphatic rings. The quantitative estimate of drug-likeness (QED) is 0.344. The number of nitrogens with zero attached hydrogens (tertiary/aromatic N) is 1. The fourth-order valence-corrected chi connectivity index (χ4v) is 4.81. The van der Waals surface area contributed by atoms with E-state index in [1.54, 1.807) is 13.2 Å². The van der Waals surface area contributed by atoms with Crippen molar-refractivity contribution < 1.29 is 13.9 Å². The summed E-state index contributed by atoms with van der Waals surface area (Å²) in [4.78, 5) is 16.1. The highest BCUT2D eigenvalue weighted by Gasteiger charge is 2.32. The third-order valence-electron chi connectivity index (χ3n) is 6.51. The molecule has 0 saturated carbocycles.